The summed E-state index contributed by atoms with van der Waals surface area (Å²) in [6, 6.07) is 9.17. The minimum absolute atomic E-state index is 0.285. The summed E-state index contributed by atoms with van der Waals surface area (Å²) in [6.07, 6.45) is 2.47. The van der Waals surface area contributed by atoms with Crippen LogP contribution in [0.2, 0.25) is 5.02 Å². The largest absolute Gasteiger partial charge is 0.493 e. The maximum Gasteiger partial charge on any atom is 0.328 e. The molecule has 26 heavy (non-hydrogen) atoms. The van der Waals surface area contributed by atoms with E-state index >= 15 is 0 Å². The number of ether oxygens (including phenoxy) is 3. The van der Waals surface area contributed by atoms with Gasteiger partial charge < -0.3 is 19.3 Å². The highest BCUT2D eigenvalue weighted by Gasteiger charge is 2.12. The van der Waals surface area contributed by atoms with Crippen LogP contribution in [0.4, 0.5) is 0 Å². The Kier molecular flexibility index (Phi) is 6.92. The summed E-state index contributed by atoms with van der Waals surface area (Å²) >= 11 is 6.24. The maximum atomic E-state index is 10.6. The minimum Gasteiger partial charge on any atom is -0.493 e. The average Bonchev–Trinajstić information content (AvgIpc) is 2.61. The van der Waals surface area contributed by atoms with Crippen LogP contribution in [0.5, 0.6) is 17.2 Å². The van der Waals surface area contributed by atoms with E-state index in [1.54, 1.807) is 12.1 Å². The van der Waals surface area contributed by atoms with Crippen LogP contribution in [0, 0.1) is 13.8 Å². The van der Waals surface area contributed by atoms with Gasteiger partial charge in [-0.2, -0.15) is 0 Å². The lowest BCUT2D eigenvalue weighted by Crippen LogP contribution is -2.10. The Labute approximate surface area is 157 Å². The second kappa shape index (κ2) is 9.15. The number of carboxylic acid groups (broad SMARTS) is 1. The van der Waals surface area contributed by atoms with E-state index in [9.17, 15) is 4.79 Å². The number of rotatable bonds is 8. The summed E-state index contributed by atoms with van der Waals surface area (Å²) in [5.74, 6) is 0.602. The van der Waals surface area contributed by atoms with Crippen LogP contribution in [0.1, 0.15) is 16.7 Å². The Morgan fingerprint density at radius 1 is 1.15 bits per heavy atom. The van der Waals surface area contributed by atoms with E-state index in [2.05, 4.69) is 0 Å². The lowest BCUT2D eigenvalue weighted by atomic mass is 10.1. The summed E-state index contributed by atoms with van der Waals surface area (Å²) in [7, 11) is 1.50. The third kappa shape index (κ3) is 5.17. The first-order valence-electron chi connectivity index (χ1n) is 8.02. The molecule has 0 atom stereocenters. The first-order valence-corrected chi connectivity index (χ1v) is 8.40. The van der Waals surface area contributed by atoms with Crippen molar-refractivity contribution >= 4 is 23.6 Å². The highest BCUT2D eigenvalue weighted by Crippen LogP contribution is 2.36. The fourth-order valence-electron chi connectivity index (χ4n) is 2.32. The van der Waals surface area contributed by atoms with Gasteiger partial charge in [-0.3, -0.25) is 0 Å². The average molecular weight is 377 g/mol. The van der Waals surface area contributed by atoms with Crippen LogP contribution >= 0.6 is 11.6 Å². The molecule has 1 N–H and O–H groups in total. The van der Waals surface area contributed by atoms with Crippen molar-refractivity contribution < 1.29 is 24.1 Å². The number of hydrogen-bond donors (Lipinski definition) is 1. The zero-order valence-electron chi connectivity index (χ0n) is 14.9. The van der Waals surface area contributed by atoms with Gasteiger partial charge in [0.05, 0.1) is 12.1 Å². The van der Waals surface area contributed by atoms with Crippen molar-refractivity contribution in [2.24, 2.45) is 0 Å². The van der Waals surface area contributed by atoms with Crippen LogP contribution in [0.3, 0.4) is 0 Å². The monoisotopic (exact) mass is 376 g/mol. The Morgan fingerprint density at radius 2 is 1.88 bits per heavy atom. The van der Waals surface area contributed by atoms with Crippen LogP contribution in [0.25, 0.3) is 6.08 Å². The van der Waals surface area contributed by atoms with Gasteiger partial charge in [-0.05, 0) is 54.8 Å². The number of hydrogen-bond acceptors (Lipinski definition) is 4. The molecule has 0 aromatic heterocycles. The van der Waals surface area contributed by atoms with Crippen molar-refractivity contribution in [3.8, 4) is 17.2 Å². The van der Waals surface area contributed by atoms with Crippen molar-refractivity contribution in [3.63, 3.8) is 0 Å². The molecule has 0 heterocycles. The molecule has 0 bridgehead atoms. The fourth-order valence-corrected chi connectivity index (χ4v) is 2.59. The number of aliphatic carboxylic acids is 1. The lowest BCUT2D eigenvalue weighted by molar-refractivity contribution is -0.131. The number of aryl methyl sites for hydroxylation is 1. The summed E-state index contributed by atoms with van der Waals surface area (Å²) in [4.78, 5) is 10.6. The smallest absolute Gasteiger partial charge is 0.328 e. The molecule has 0 saturated heterocycles. The highest BCUT2D eigenvalue weighted by atomic mass is 35.5. The molecule has 0 radical (unpaired) electrons. The van der Waals surface area contributed by atoms with Crippen molar-refractivity contribution in [1.82, 2.24) is 0 Å². The van der Waals surface area contributed by atoms with Gasteiger partial charge in [0.1, 0.15) is 19.0 Å². The molecule has 2 rings (SSSR count). The SMILES string of the molecule is COc1cc(C=CC(=O)O)cc(Cl)c1OCCOc1cccc(C)c1C. The number of methoxy groups -OCH3 is 1. The summed E-state index contributed by atoms with van der Waals surface area (Å²) < 4.78 is 16.8. The van der Waals surface area contributed by atoms with E-state index in [0.717, 1.165) is 23.0 Å². The van der Waals surface area contributed by atoms with Gasteiger partial charge in [-0.1, -0.05) is 23.7 Å². The Morgan fingerprint density at radius 3 is 2.58 bits per heavy atom. The van der Waals surface area contributed by atoms with Gasteiger partial charge in [0.15, 0.2) is 11.5 Å². The molecular weight excluding hydrogens is 356 g/mol. The van der Waals surface area contributed by atoms with E-state index in [4.69, 9.17) is 30.9 Å². The minimum atomic E-state index is -1.04. The summed E-state index contributed by atoms with van der Waals surface area (Å²) in [5.41, 5.74) is 2.86. The fraction of sp³-hybridized carbons (Fsp3) is 0.250. The van der Waals surface area contributed by atoms with Gasteiger partial charge in [0, 0.05) is 6.08 Å². The topological polar surface area (TPSA) is 65.0 Å². The highest BCUT2D eigenvalue weighted by molar-refractivity contribution is 6.32. The van der Waals surface area contributed by atoms with Crippen LogP contribution in [0.15, 0.2) is 36.4 Å². The predicted octanol–water partition coefficient (Wildman–Crippen LogP) is 4.52. The summed E-state index contributed by atoms with van der Waals surface area (Å²) in [5, 5.41) is 9.04. The van der Waals surface area contributed by atoms with E-state index in [1.807, 2.05) is 32.0 Å². The molecule has 138 valence electrons. The zero-order valence-corrected chi connectivity index (χ0v) is 15.7. The van der Waals surface area contributed by atoms with E-state index in [-0.39, 0.29) is 6.61 Å². The lowest BCUT2D eigenvalue weighted by Gasteiger charge is -2.15. The van der Waals surface area contributed by atoms with E-state index in [1.165, 1.54) is 13.2 Å². The molecule has 0 aliphatic rings. The van der Waals surface area contributed by atoms with Crippen molar-refractivity contribution in [2.75, 3.05) is 20.3 Å². The van der Waals surface area contributed by atoms with Gasteiger partial charge >= 0.3 is 5.97 Å². The normalized spacial score (nSPS) is 10.8. The first-order chi connectivity index (χ1) is 12.4. The van der Waals surface area contributed by atoms with E-state index in [0.29, 0.717) is 28.7 Å². The van der Waals surface area contributed by atoms with Crippen molar-refractivity contribution in [2.45, 2.75) is 13.8 Å². The van der Waals surface area contributed by atoms with Gasteiger partial charge in [-0.15, -0.1) is 0 Å². The first kappa shape index (κ1) is 19.7. The van der Waals surface area contributed by atoms with Crippen molar-refractivity contribution in [3.05, 3.63) is 58.1 Å². The van der Waals surface area contributed by atoms with Crippen LogP contribution < -0.4 is 14.2 Å². The molecule has 6 heteroatoms. The third-order valence-electron chi connectivity index (χ3n) is 3.81. The summed E-state index contributed by atoms with van der Waals surface area (Å²) in [6.45, 7) is 4.68. The standard InChI is InChI=1S/C20H21ClO5/c1-13-5-4-6-17(14(13)2)25-9-10-26-20-16(21)11-15(7-8-19(22)23)12-18(20)24-3/h4-8,11-12H,9-10H2,1-3H3,(H,22,23). The Bertz CT molecular complexity index is 814. The number of carboxylic acids is 1. The molecule has 2 aromatic carbocycles. The molecule has 2 aromatic rings. The molecule has 0 unspecified atom stereocenters. The predicted molar refractivity (Wildman–Crippen MR) is 102 cm³/mol. The molecule has 0 aliphatic carbocycles. The maximum absolute atomic E-state index is 10.6. The zero-order chi connectivity index (χ0) is 19.1. The Balaban J connectivity index is 2.02. The van der Waals surface area contributed by atoms with Crippen LogP contribution in [-0.2, 0) is 4.79 Å². The van der Waals surface area contributed by atoms with Gasteiger partial charge in [-0.25, -0.2) is 4.79 Å². The molecular formula is C20H21ClO5. The van der Waals surface area contributed by atoms with Crippen LogP contribution in [-0.4, -0.2) is 31.4 Å². The van der Waals surface area contributed by atoms with Gasteiger partial charge in [0.25, 0.3) is 0 Å². The third-order valence-corrected chi connectivity index (χ3v) is 4.09. The van der Waals surface area contributed by atoms with Gasteiger partial charge in [0.2, 0.25) is 0 Å². The molecule has 0 aliphatic heterocycles. The Hall–Kier alpha value is -2.66. The second-order valence-electron chi connectivity index (χ2n) is 5.60. The van der Waals surface area contributed by atoms with Crippen molar-refractivity contribution in [1.29, 1.82) is 0 Å². The number of benzene rings is 2. The molecule has 0 fully saturated rings. The van der Waals surface area contributed by atoms with E-state index < -0.39 is 5.97 Å². The molecule has 0 amide bonds. The number of carbonyl (C=O) groups is 1. The molecule has 0 spiro atoms. The second-order valence-corrected chi connectivity index (χ2v) is 6.01. The molecule has 0 saturated carbocycles. The molecule has 5 nitrogen and oxygen atoms in total. The number of halogens is 1. The quantitative estimate of drug-likeness (QED) is 0.542.